The minimum atomic E-state index is -3.04. The van der Waals surface area contributed by atoms with Crippen molar-refractivity contribution in [3.8, 4) is 0 Å². The Bertz CT molecular complexity index is 594. The number of carbonyl (C=O) groups excluding carboxylic acids is 2. The summed E-state index contributed by atoms with van der Waals surface area (Å²) in [5.74, 6) is -3.83. The largest absolute Gasteiger partial charge is 0.356 e. The predicted molar refractivity (Wildman–Crippen MR) is 74.1 cm³/mol. The standard InChI is InChI=1S/C15H17F2N3O2/c16-15(17)8-14(4-6-19-13(14)22)9-20(10-15)12(21)7-11-3-1-2-5-18-11/h1-3,5H,4,6-10H2,(H,19,22). The summed E-state index contributed by atoms with van der Waals surface area (Å²) in [6.07, 6.45) is 1.38. The highest BCUT2D eigenvalue weighted by molar-refractivity contribution is 5.87. The van der Waals surface area contributed by atoms with E-state index >= 15 is 0 Å². The summed E-state index contributed by atoms with van der Waals surface area (Å²) in [6.45, 7) is -0.190. The van der Waals surface area contributed by atoms with E-state index in [4.69, 9.17) is 0 Å². The van der Waals surface area contributed by atoms with Gasteiger partial charge >= 0.3 is 0 Å². The molecule has 3 rings (SSSR count). The van der Waals surface area contributed by atoms with E-state index in [2.05, 4.69) is 10.3 Å². The van der Waals surface area contributed by atoms with Crippen LogP contribution in [0.1, 0.15) is 18.5 Å². The molecule has 7 heteroatoms. The number of carbonyl (C=O) groups is 2. The molecule has 1 aromatic heterocycles. The maximum atomic E-state index is 14.0. The molecule has 1 spiro atoms. The Kier molecular flexibility index (Phi) is 3.58. The Labute approximate surface area is 126 Å². The van der Waals surface area contributed by atoms with Crippen LogP contribution in [0.25, 0.3) is 0 Å². The molecule has 1 atom stereocenters. The Balaban J connectivity index is 1.78. The van der Waals surface area contributed by atoms with Crippen molar-refractivity contribution in [1.82, 2.24) is 15.2 Å². The van der Waals surface area contributed by atoms with Gasteiger partial charge in [0.15, 0.2) is 0 Å². The highest BCUT2D eigenvalue weighted by Gasteiger charge is 2.55. The quantitative estimate of drug-likeness (QED) is 0.886. The highest BCUT2D eigenvalue weighted by atomic mass is 19.3. The molecular formula is C15H17F2N3O2. The number of amides is 2. The Morgan fingerprint density at radius 3 is 2.82 bits per heavy atom. The van der Waals surface area contributed by atoms with Crippen LogP contribution in [0.5, 0.6) is 0 Å². The molecule has 1 unspecified atom stereocenters. The molecule has 2 amide bonds. The molecule has 118 valence electrons. The minimum Gasteiger partial charge on any atom is -0.356 e. The third-order valence-corrected chi connectivity index (χ3v) is 4.29. The molecule has 0 radical (unpaired) electrons. The molecule has 0 bridgehead atoms. The lowest BCUT2D eigenvalue weighted by Crippen LogP contribution is -2.57. The van der Waals surface area contributed by atoms with E-state index in [0.29, 0.717) is 18.7 Å². The second-order valence-electron chi connectivity index (χ2n) is 6.07. The molecule has 1 N–H and O–H groups in total. The average Bonchev–Trinajstić information content (AvgIpc) is 2.78. The fourth-order valence-corrected chi connectivity index (χ4v) is 3.29. The van der Waals surface area contributed by atoms with Crippen LogP contribution in [0, 0.1) is 5.41 Å². The van der Waals surface area contributed by atoms with Gasteiger partial charge in [-0.05, 0) is 18.6 Å². The second kappa shape index (κ2) is 5.30. The fraction of sp³-hybridized carbons (Fsp3) is 0.533. The van der Waals surface area contributed by atoms with Gasteiger partial charge in [0.2, 0.25) is 11.8 Å². The zero-order valence-electron chi connectivity index (χ0n) is 12.0. The average molecular weight is 309 g/mol. The SMILES string of the molecule is O=C(Cc1ccccn1)N1CC(F)(F)CC2(CCNC2=O)C1. The third-order valence-electron chi connectivity index (χ3n) is 4.29. The first-order valence-electron chi connectivity index (χ1n) is 7.24. The summed E-state index contributed by atoms with van der Waals surface area (Å²) >= 11 is 0. The number of nitrogens with one attached hydrogen (secondary N) is 1. The molecule has 2 aliphatic rings. The monoisotopic (exact) mass is 309 g/mol. The topological polar surface area (TPSA) is 62.3 Å². The van der Waals surface area contributed by atoms with Crippen LogP contribution in [0.15, 0.2) is 24.4 Å². The zero-order chi connectivity index (χ0) is 15.8. The minimum absolute atomic E-state index is 0.0331. The molecule has 2 aliphatic heterocycles. The summed E-state index contributed by atoms with van der Waals surface area (Å²) in [5, 5.41) is 2.60. The van der Waals surface area contributed by atoms with Gasteiger partial charge in [-0.25, -0.2) is 8.78 Å². The summed E-state index contributed by atoms with van der Waals surface area (Å²) in [4.78, 5) is 29.4. The lowest BCUT2D eigenvalue weighted by atomic mass is 9.77. The predicted octanol–water partition coefficient (Wildman–Crippen LogP) is 0.998. The van der Waals surface area contributed by atoms with Crippen molar-refractivity contribution in [3.05, 3.63) is 30.1 Å². The smallest absolute Gasteiger partial charge is 0.266 e. The lowest BCUT2D eigenvalue weighted by Gasteiger charge is -2.42. The summed E-state index contributed by atoms with van der Waals surface area (Å²) in [5.41, 5.74) is -0.618. The molecule has 0 saturated carbocycles. The number of piperidine rings is 1. The van der Waals surface area contributed by atoms with Crippen LogP contribution in [0.4, 0.5) is 8.78 Å². The molecule has 3 heterocycles. The van der Waals surface area contributed by atoms with Gasteiger partial charge < -0.3 is 10.2 Å². The van der Waals surface area contributed by atoms with Crippen molar-refractivity contribution in [2.24, 2.45) is 5.41 Å². The molecule has 0 aliphatic carbocycles. The number of hydrogen-bond donors (Lipinski definition) is 1. The van der Waals surface area contributed by atoms with Crippen LogP contribution in [0.3, 0.4) is 0 Å². The van der Waals surface area contributed by atoms with Crippen LogP contribution in [-0.4, -0.2) is 47.3 Å². The Morgan fingerprint density at radius 1 is 1.36 bits per heavy atom. The van der Waals surface area contributed by atoms with Crippen molar-refractivity contribution in [1.29, 1.82) is 0 Å². The zero-order valence-corrected chi connectivity index (χ0v) is 12.0. The van der Waals surface area contributed by atoms with Crippen LogP contribution < -0.4 is 5.32 Å². The number of hydrogen-bond acceptors (Lipinski definition) is 3. The number of nitrogens with zero attached hydrogens (tertiary/aromatic N) is 2. The maximum absolute atomic E-state index is 14.0. The Hall–Kier alpha value is -2.05. The van der Waals surface area contributed by atoms with Crippen molar-refractivity contribution >= 4 is 11.8 Å². The van der Waals surface area contributed by atoms with Gasteiger partial charge in [-0.1, -0.05) is 6.07 Å². The number of halogens is 2. The van der Waals surface area contributed by atoms with Crippen molar-refractivity contribution in [2.45, 2.75) is 25.2 Å². The molecule has 0 aromatic carbocycles. The van der Waals surface area contributed by atoms with E-state index in [-0.39, 0.29) is 18.9 Å². The van der Waals surface area contributed by atoms with E-state index in [1.54, 1.807) is 24.4 Å². The summed E-state index contributed by atoms with van der Waals surface area (Å²) in [6, 6.07) is 5.14. The van der Waals surface area contributed by atoms with Gasteiger partial charge in [-0.15, -0.1) is 0 Å². The van der Waals surface area contributed by atoms with Crippen LogP contribution in [0.2, 0.25) is 0 Å². The molecule has 1 aromatic rings. The maximum Gasteiger partial charge on any atom is 0.266 e. The number of aromatic nitrogens is 1. The normalized spacial score (nSPS) is 27.0. The van der Waals surface area contributed by atoms with Crippen molar-refractivity contribution in [2.75, 3.05) is 19.6 Å². The summed E-state index contributed by atoms with van der Waals surface area (Å²) in [7, 11) is 0. The summed E-state index contributed by atoms with van der Waals surface area (Å²) < 4.78 is 28.1. The van der Waals surface area contributed by atoms with Crippen molar-refractivity contribution in [3.63, 3.8) is 0 Å². The van der Waals surface area contributed by atoms with Gasteiger partial charge in [0, 0.05) is 31.4 Å². The van der Waals surface area contributed by atoms with Gasteiger partial charge in [-0.2, -0.15) is 0 Å². The van der Waals surface area contributed by atoms with Gasteiger partial charge in [0.05, 0.1) is 18.4 Å². The highest BCUT2D eigenvalue weighted by Crippen LogP contribution is 2.43. The Morgan fingerprint density at radius 2 is 2.18 bits per heavy atom. The molecule has 22 heavy (non-hydrogen) atoms. The number of pyridine rings is 1. The van der Waals surface area contributed by atoms with E-state index < -0.39 is 30.2 Å². The first-order valence-corrected chi connectivity index (χ1v) is 7.24. The molecule has 2 saturated heterocycles. The van der Waals surface area contributed by atoms with Gasteiger partial charge in [0.1, 0.15) is 0 Å². The molecular weight excluding hydrogens is 292 g/mol. The third kappa shape index (κ3) is 2.80. The van der Waals surface area contributed by atoms with Gasteiger partial charge in [0.25, 0.3) is 5.92 Å². The van der Waals surface area contributed by atoms with E-state index in [1.165, 1.54) is 0 Å². The van der Waals surface area contributed by atoms with E-state index in [1.807, 2.05) is 0 Å². The van der Waals surface area contributed by atoms with Crippen molar-refractivity contribution < 1.29 is 18.4 Å². The van der Waals surface area contributed by atoms with Crippen LogP contribution in [-0.2, 0) is 16.0 Å². The molecule has 2 fully saturated rings. The van der Waals surface area contributed by atoms with Crippen LogP contribution >= 0.6 is 0 Å². The lowest BCUT2D eigenvalue weighted by molar-refractivity contribution is -0.159. The number of likely N-dealkylation sites (tertiary alicyclic amines) is 1. The van der Waals surface area contributed by atoms with E-state index in [0.717, 1.165) is 4.90 Å². The first-order chi connectivity index (χ1) is 10.4. The second-order valence-corrected chi connectivity index (χ2v) is 6.07. The first kappa shape index (κ1) is 14.9. The fourth-order valence-electron chi connectivity index (χ4n) is 3.29. The number of alkyl halides is 2. The number of rotatable bonds is 2. The van der Waals surface area contributed by atoms with E-state index in [9.17, 15) is 18.4 Å². The molecule has 5 nitrogen and oxygen atoms in total. The van der Waals surface area contributed by atoms with Gasteiger partial charge in [-0.3, -0.25) is 14.6 Å².